The van der Waals surface area contributed by atoms with E-state index in [-0.39, 0.29) is 0 Å². The molecule has 7 aromatic carbocycles. The van der Waals surface area contributed by atoms with Crippen LogP contribution in [0.2, 0.25) is 0 Å². The molecule has 0 radical (unpaired) electrons. The summed E-state index contributed by atoms with van der Waals surface area (Å²) < 4.78 is 4.98. The molecule has 0 amide bonds. The lowest BCUT2D eigenvalue weighted by Gasteiger charge is -2.10. The van der Waals surface area contributed by atoms with Gasteiger partial charge < -0.3 is 0 Å². The van der Waals surface area contributed by atoms with Crippen LogP contribution in [0.5, 0.6) is 0 Å². The highest BCUT2D eigenvalue weighted by molar-refractivity contribution is 7.26. The lowest BCUT2D eigenvalue weighted by Crippen LogP contribution is -2.00. The SMILES string of the molecule is c1ccc(-c2cccc(-c3nc(-c4ccc5c(c4)sc4ccccc45)nc(-c4ccc5c(c4)sc4cccc(-c6ccccc6)c45)n3)c2)cc1. The van der Waals surface area contributed by atoms with Gasteiger partial charge in [-0.05, 0) is 52.6 Å². The third kappa shape index (κ3) is 4.98. The Morgan fingerprint density at radius 1 is 0.300 bits per heavy atom. The molecule has 3 heterocycles. The third-order valence-corrected chi connectivity index (χ3v) is 11.6. The fourth-order valence-electron chi connectivity index (χ4n) is 6.92. The van der Waals surface area contributed by atoms with Gasteiger partial charge >= 0.3 is 0 Å². The highest BCUT2D eigenvalue weighted by atomic mass is 32.1. The van der Waals surface area contributed by atoms with Crippen molar-refractivity contribution < 1.29 is 0 Å². The zero-order chi connectivity index (χ0) is 33.0. The van der Waals surface area contributed by atoms with Gasteiger partial charge in [0.05, 0.1) is 0 Å². The van der Waals surface area contributed by atoms with Gasteiger partial charge in [-0.1, -0.05) is 133 Å². The van der Waals surface area contributed by atoms with Crippen LogP contribution in [0.15, 0.2) is 164 Å². The minimum Gasteiger partial charge on any atom is -0.208 e. The van der Waals surface area contributed by atoms with Crippen LogP contribution in [0.25, 0.3) is 96.8 Å². The monoisotopic (exact) mass is 673 g/mol. The Morgan fingerprint density at radius 2 is 0.800 bits per heavy atom. The average molecular weight is 674 g/mol. The van der Waals surface area contributed by atoms with Crippen LogP contribution in [-0.2, 0) is 0 Å². The number of hydrogen-bond donors (Lipinski definition) is 0. The molecule has 0 saturated carbocycles. The standard InChI is InChI=1S/C45H27N3S2/c1-3-11-28(12-4-1)30-15-9-16-31(25-30)43-46-44(32-21-23-36-35-17-7-8-19-38(35)49-40(36)26-32)48-45(47-43)33-22-24-37-41(27-33)50-39-20-10-18-34(42(37)39)29-13-5-2-6-14-29/h1-27H. The van der Waals surface area contributed by atoms with Crippen LogP contribution < -0.4 is 0 Å². The molecule has 0 aliphatic heterocycles. The normalized spacial score (nSPS) is 11.6. The van der Waals surface area contributed by atoms with E-state index in [0.29, 0.717) is 17.5 Å². The van der Waals surface area contributed by atoms with E-state index in [1.807, 2.05) is 17.4 Å². The fourth-order valence-corrected chi connectivity index (χ4v) is 9.24. The highest BCUT2D eigenvalue weighted by Gasteiger charge is 2.17. The molecule has 50 heavy (non-hydrogen) atoms. The summed E-state index contributed by atoms with van der Waals surface area (Å²) in [5, 5.41) is 5.07. The number of rotatable bonds is 5. The van der Waals surface area contributed by atoms with Gasteiger partial charge in [0.25, 0.3) is 0 Å². The lowest BCUT2D eigenvalue weighted by atomic mass is 9.99. The smallest absolute Gasteiger partial charge is 0.164 e. The Morgan fingerprint density at radius 3 is 1.54 bits per heavy atom. The first-order valence-electron chi connectivity index (χ1n) is 16.6. The first-order valence-corrected chi connectivity index (χ1v) is 18.2. The Kier molecular flexibility index (Phi) is 6.86. The summed E-state index contributed by atoms with van der Waals surface area (Å²) in [5.41, 5.74) is 7.66. The van der Waals surface area contributed by atoms with Crippen molar-refractivity contribution in [2.75, 3.05) is 0 Å². The van der Waals surface area contributed by atoms with Gasteiger partial charge in [-0.3, -0.25) is 0 Å². The molecule has 0 unspecified atom stereocenters. The minimum absolute atomic E-state index is 0.655. The predicted octanol–water partition coefficient (Wildman–Crippen LogP) is 12.9. The summed E-state index contributed by atoms with van der Waals surface area (Å²) in [6.45, 7) is 0. The summed E-state index contributed by atoms with van der Waals surface area (Å²) in [7, 11) is 0. The fraction of sp³-hybridized carbons (Fsp3) is 0. The number of aromatic nitrogens is 3. The molecule has 0 atom stereocenters. The van der Waals surface area contributed by atoms with Crippen LogP contribution in [0.3, 0.4) is 0 Å². The molecule has 10 aromatic rings. The predicted molar refractivity (Wildman–Crippen MR) is 213 cm³/mol. The molecule has 0 aliphatic rings. The van der Waals surface area contributed by atoms with E-state index < -0.39 is 0 Å². The molecular weight excluding hydrogens is 647 g/mol. The number of benzene rings is 7. The van der Waals surface area contributed by atoms with Crippen molar-refractivity contribution in [3.63, 3.8) is 0 Å². The molecule has 3 nitrogen and oxygen atoms in total. The van der Waals surface area contributed by atoms with Crippen molar-refractivity contribution in [2.24, 2.45) is 0 Å². The maximum atomic E-state index is 5.15. The zero-order valence-electron chi connectivity index (χ0n) is 26.7. The van der Waals surface area contributed by atoms with Gasteiger partial charge in [-0.2, -0.15) is 0 Å². The average Bonchev–Trinajstić information content (AvgIpc) is 3.76. The first kappa shape index (κ1) is 29.0. The van der Waals surface area contributed by atoms with Crippen molar-refractivity contribution in [3.8, 4) is 56.4 Å². The Balaban J connectivity index is 1.15. The second-order valence-corrected chi connectivity index (χ2v) is 14.6. The molecule has 5 heteroatoms. The van der Waals surface area contributed by atoms with Gasteiger partial charge in [0.2, 0.25) is 0 Å². The summed E-state index contributed by atoms with van der Waals surface area (Å²) in [6.07, 6.45) is 0. The molecule has 0 saturated heterocycles. The van der Waals surface area contributed by atoms with Gasteiger partial charge in [0.1, 0.15) is 0 Å². The van der Waals surface area contributed by atoms with Crippen molar-refractivity contribution in [2.45, 2.75) is 0 Å². The number of hydrogen-bond acceptors (Lipinski definition) is 5. The van der Waals surface area contributed by atoms with Gasteiger partial charge in [0.15, 0.2) is 17.5 Å². The number of thiophene rings is 2. The summed E-state index contributed by atoms with van der Waals surface area (Å²) in [6, 6.07) is 58.0. The van der Waals surface area contributed by atoms with Gasteiger partial charge in [-0.15, -0.1) is 22.7 Å². The largest absolute Gasteiger partial charge is 0.208 e. The summed E-state index contributed by atoms with van der Waals surface area (Å²) in [5.74, 6) is 1.98. The van der Waals surface area contributed by atoms with E-state index in [1.54, 1.807) is 11.3 Å². The van der Waals surface area contributed by atoms with Crippen LogP contribution in [0, 0.1) is 0 Å². The molecule has 0 aliphatic carbocycles. The molecule has 0 bridgehead atoms. The second-order valence-electron chi connectivity index (χ2n) is 12.4. The molecular formula is C45H27N3S2. The molecule has 234 valence electrons. The Hall–Kier alpha value is -6.01. The number of nitrogens with zero attached hydrogens (tertiary/aromatic N) is 3. The van der Waals surface area contributed by atoms with Crippen molar-refractivity contribution in [3.05, 3.63) is 164 Å². The zero-order valence-corrected chi connectivity index (χ0v) is 28.4. The van der Waals surface area contributed by atoms with E-state index in [4.69, 9.17) is 15.0 Å². The van der Waals surface area contributed by atoms with Crippen molar-refractivity contribution >= 4 is 63.0 Å². The van der Waals surface area contributed by atoms with Crippen LogP contribution in [0.4, 0.5) is 0 Å². The maximum Gasteiger partial charge on any atom is 0.164 e. The molecule has 0 N–H and O–H groups in total. The van der Waals surface area contributed by atoms with Crippen LogP contribution in [-0.4, -0.2) is 15.0 Å². The van der Waals surface area contributed by atoms with E-state index in [0.717, 1.165) is 27.8 Å². The van der Waals surface area contributed by atoms with Gasteiger partial charge in [0, 0.05) is 57.0 Å². The van der Waals surface area contributed by atoms with Crippen molar-refractivity contribution in [1.29, 1.82) is 0 Å². The molecule has 3 aromatic heterocycles. The maximum absolute atomic E-state index is 5.15. The summed E-state index contributed by atoms with van der Waals surface area (Å²) in [4.78, 5) is 15.4. The first-order chi connectivity index (χ1) is 24.7. The van der Waals surface area contributed by atoms with E-state index in [2.05, 4.69) is 158 Å². The van der Waals surface area contributed by atoms with Crippen LogP contribution >= 0.6 is 22.7 Å². The second kappa shape index (κ2) is 11.8. The highest BCUT2D eigenvalue weighted by Crippen LogP contribution is 2.42. The molecule has 0 spiro atoms. The van der Waals surface area contributed by atoms with E-state index >= 15 is 0 Å². The number of fused-ring (bicyclic) bond motifs is 6. The third-order valence-electron chi connectivity index (χ3n) is 9.34. The quantitative estimate of drug-likeness (QED) is 0.182. The Bertz CT molecular complexity index is 2870. The topological polar surface area (TPSA) is 38.7 Å². The van der Waals surface area contributed by atoms with Crippen LogP contribution in [0.1, 0.15) is 0 Å². The van der Waals surface area contributed by atoms with E-state index in [1.165, 1.54) is 51.5 Å². The lowest BCUT2D eigenvalue weighted by molar-refractivity contribution is 1.08. The van der Waals surface area contributed by atoms with Gasteiger partial charge in [-0.25, -0.2) is 15.0 Å². The summed E-state index contributed by atoms with van der Waals surface area (Å²) >= 11 is 3.62. The van der Waals surface area contributed by atoms with Crippen molar-refractivity contribution in [1.82, 2.24) is 15.0 Å². The Labute approximate surface area is 296 Å². The molecule has 0 fully saturated rings. The minimum atomic E-state index is 0.655. The molecule has 10 rings (SSSR count). The van der Waals surface area contributed by atoms with E-state index in [9.17, 15) is 0 Å².